The quantitative estimate of drug-likeness (QED) is 0.789. The number of methoxy groups -OCH3 is 1. The van der Waals surface area contributed by atoms with Crippen molar-refractivity contribution in [2.24, 2.45) is 0 Å². The highest BCUT2D eigenvalue weighted by Crippen LogP contribution is 2.30. The largest absolute Gasteiger partial charge is 0.497 e. The lowest BCUT2D eigenvalue weighted by atomic mass is 10.0. The highest BCUT2D eigenvalue weighted by atomic mass is 16.7. The maximum atomic E-state index is 5.28. The van der Waals surface area contributed by atoms with E-state index in [0.717, 1.165) is 28.0 Å². The van der Waals surface area contributed by atoms with Crippen LogP contribution in [0, 0.1) is 0 Å². The molecule has 4 heteroatoms. The molecule has 102 valence electrons. The van der Waals surface area contributed by atoms with Gasteiger partial charge in [-0.1, -0.05) is 13.8 Å². The van der Waals surface area contributed by atoms with Gasteiger partial charge >= 0.3 is 0 Å². The molecule has 0 aliphatic heterocycles. The lowest BCUT2D eigenvalue weighted by Gasteiger charge is -2.18. The molecule has 4 nitrogen and oxygen atoms in total. The van der Waals surface area contributed by atoms with Crippen molar-refractivity contribution in [3.8, 4) is 5.75 Å². The second-order valence-corrected chi connectivity index (χ2v) is 4.79. The third kappa shape index (κ3) is 2.63. The Labute approximate surface area is 113 Å². The van der Waals surface area contributed by atoms with E-state index in [0.29, 0.717) is 5.92 Å². The molecule has 0 unspecified atom stereocenters. The fraction of sp³-hybridized carbons (Fsp3) is 0.400. The molecule has 0 amide bonds. The van der Waals surface area contributed by atoms with Crippen LogP contribution < -0.4 is 9.80 Å². The molecule has 19 heavy (non-hydrogen) atoms. The monoisotopic (exact) mass is 260 g/mol. The summed E-state index contributed by atoms with van der Waals surface area (Å²) in [6.45, 7) is 4.28. The van der Waals surface area contributed by atoms with Crippen LogP contribution in [-0.4, -0.2) is 26.3 Å². The van der Waals surface area contributed by atoms with Crippen molar-refractivity contribution in [1.82, 2.24) is 4.98 Å². The summed E-state index contributed by atoms with van der Waals surface area (Å²) in [7, 11) is 5.15. The minimum atomic E-state index is 0.348. The third-order valence-corrected chi connectivity index (χ3v) is 3.20. The fourth-order valence-electron chi connectivity index (χ4n) is 2.07. The van der Waals surface area contributed by atoms with E-state index < -0.39 is 0 Å². The van der Waals surface area contributed by atoms with Gasteiger partial charge in [0.15, 0.2) is 5.82 Å². The summed E-state index contributed by atoms with van der Waals surface area (Å²) in [6, 6.07) is 8.06. The van der Waals surface area contributed by atoms with Gasteiger partial charge in [0, 0.05) is 12.4 Å². The predicted molar refractivity (Wildman–Crippen MR) is 77.8 cm³/mol. The number of benzene rings is 1. The second kappa shape index (κ2) is 5.45. The van der Waals surface area contributed by atoms with Crippen LogP contribution in [0.4, 0.5) is 5.82 Å². The third-order valence-electron chi connectivity index (χ3n) is 3.20. The van der Waals surface area contributed by atoms with Crippen LogP contribution in [-0.2, 0) is 4.84 Å². The Kier molecular flexibility index (Phi) is 3.90. The van der Waals surface area contributed by atoms with Crippen molar-refractivity contribution < 1.29 is 9.57 Å². The lowest BCUT2D eigenvalue weighted by Crippen LogP contribution is -2.17. The normalized spacial score (nSPS) is 11.1. The summed E-state index contributed by atoms with van der Waals surface area (Å²) in [5.74, 6) is 1.99. The molecule has 0 radical (unpaired) electrons. The highest BCUT2D eigenvalue weighted by Gasteiger charge is 2.12. The van der Waals surface area contributed by atoms with Gasteiger partial charge in [-0.05, 0) is 35.6 Å². The number of nitrogens with zero attached hydrogens (tertiary/aromatic N) is 2. The fourth-order valence-corrected chi connectivity index (χ4v) is 2.07. The summed E-state index contributed by atoms with van der Waals surface area (Å²) in [5.41, 5.74) is 1.07. The Morgan fingerprint density at radius 3 is 2.47 bits per heavy atom. The zero-order chi connectivity index (χ0) is 14.0. The van der Waals surface area contributed by atoms with Gasteiger partial charge in [0.1, 0.15) is 5.75 Å². The average Bonchev–Trinajstić information content (AvgIpc) is 2.44. The Morgan fingerprint density at radius 1 is 1.16 bits per heavy atom. The number of rotatable bonds is 4. The SMILES string of the molecule is COc1ccc2c(C(C)C)nc(N(C)OC)cc2c1. The Balaban J connectivity index is 2.68. The molecule has 0 spiro atoms. The maximum Gasteiger partial charge on any atom is 0.152 e. The number of hydrogen-bond acceptors (Lipinski definition) is 4. The van der Waals surface area contributed by atoms with Crippen LogP contribution >= 0.6 is 0 Å². The Bertz CT molecular complexity index is 582. The first kappa shape index (κ1) is 13.6. The van der Waals surface area contributed by atoms with Gasteiger partial charge in [-0.15, -0.1) is 0 Å². The van der Waals surface area contributed by atoms with E-state index in [-0.39, 0.29) is 0 Å². The van der Waals surface area contributed by atoms with Crippen LogP contribution in [0.3, 0.4) is 0 Å². The first-order valence-electron chi connectivity index (χ1n) is 6.33. The van der Waals surface area contributed by atoms with E-state index >= 15 is 0 Å². The Hall–Kier alpha value is -1.81. The molecule has 1 heterocycles. The maximum absolute atomic E-state index is 5.28. The summed E-state index contributed by atoms with van der Waals surface area (Å²) >= 11 is 0. The number of ether oxygens (including phenoxy) is 1. The second-order valence-electron chi connectivity index (χ2n) is 4.79. The molecule has 1 aromatic carbocycles. The van der Waals surface area contributed by atoms with Gasteiger partial charge in [-0.3, -0.25) is 4.84 Å². The van der Waals surface area contributed by atoms with Crippen LogP contribution in [0.5, 0.6) is 5.75 Å². The minimum Gasteiger partial charge on any atom is -0.497 e. The molecular formula is C15H20N2O2. The summed E-state index contributed by atoms with van der Waals surface area (Å²) in [5, 5.41) is 3.92. The molecule has 0 fully saturated rings. The zero-order valence-electron chi connectivity index (χ0n) is 12.1. The van der Waals surface area contributed by atoms with Crippen molar-refractivity contribution in [3.05, 3.63) is 30.0 Å². The van der Waals surface area contributed by atoms with Crippen molar-refractivity contribution in [2.45, 2.75) is 19.8 Å². The van der Waals surface area contributed by atoms with Gasteiger partial charge in [-0.2, -0.15) is 0 Å². The molecule has 0 atom stereocenters. The van der Waals surface area contributed by atoms with E-state index in [2.05, 4.69) is 24.9 Å². The van der Waals surface area contributed by atoms with E-state index in [4.69, 9.17) is 9.57 Å². The van der Waals surface area contributed by atoms with E-state index in [1.807, 2.05) is 25.2 Å². The van der Waals surface area contributed by atoms with Gasteiger partial charge in [0.05, 0.1) is 19.9 Å². The van der Waals surface area contributed by atoms with Gasteiger partial charge in [-0.25, -0.2) is 10.0 Å². The van der Waals surface area contributed by atoms with Crippen molar-refractivity contribution in [3.63, 3.8) is 0 Å². The minimum absolute atomic E-state index is 0.348. The molecule has 2 aromatic rings. The molecule has 0 saturated carbocycles. The summed E-state index contributed by atoms with van der Waals surface area (Å²) in [6.07, 6.45) is 0. The van der Waals surface area contributed by atoms with E-state index in [9.17, 15) is 0 Å². The van der Waals surface area contributed by atoms with Gasteiger partial charge in [0.25, 0.3) is 0 Å². The van der Waals surface area contributed by atoms with Crippen molar-refractivity contribution >= 4 is 16.6 Å². The summed E-state index contributed by atoms with van der Waals surface area (Å²) < 4.78 is 5.28. The van der Waals surface area contributed by atoms with Crippen molar-refractivity contribution in [1.29, 1.82) is 0 Å². The van der Waals surface area contributed by atoms with Crippen LogP contribution in [0.25, 0.3) is 10.8 Å². The highest BCUT2D eigenvalue weighted by molar-refractivity contribution is 5.88. The number of aromatic nitrogens is 1. The Morgan fingerprint density at radius 2 is 1.89 bits per heavy atom. The van der Waals surface area contributed by atoms with Crippen molar-refractivity contribution in [2.75, 3.05) is 26.3 Å². The molecule has 0 aliphatic rings. The smallest absolute Gasteiger partial charge is 0.152 e. The standard InChI is InChI=1S/C15H20N2O2/c1-10(2)15-13-7-6-12(18-4)8-11(13)9-14(16-15)17(3)19-5/h6-10H,1-5H3. The first-order chi connectivity index (χ1) is 9.06. The lowest BCUT2D eigenvalue weighted by molar-refractivity contribution is 0.182. The van der Waals surface area contributed by atoms with Gasteiger partial charge in [0.2, 0.25) is 0 Å². The first-order valence-corrected chi connectivity index (χ1v) is 6.33. The number of hydrogen-bond donors (Lipinski definition) is 0. The van der Waals surface area contributed by atoms with Crippen LogP contribution in [0.1, 0.15) is 25.5 Å². The predicted octanol–water partition coefficient (Wildman–Crippen LogP) is 3.36. The molecule has 0 saturated heterocycles. The number of anilines is 1. The number of hydroxylamine groups is 1. The van der Waals surface area contributed by atoms with Crippen LogP contribution in [0.2, 0.25) is 0 Å². The zero-order valence-corrected chi connectivity index (χ0v) is 12.1. The topological polar surface area (TPSA) is 34.6 Å². The summed E-state index contributed by atoms with van der Waals surface area (Å²) in [4.78, 5) is 9.90. The average molecular weight is 260 g/mol. The molecule has 0 N–H and O–H groups in total. The van der Waals surface area contributed by atoms with Gasteiger partial charge < -0.3 is 4.74 Å². The molecule has 2 rings (SSSR count). The van der Waals surface area contributed by atoms with Crippen LogP contribution in [0.15, 0.2) is 24.3 Å². The molecular weight excluding hydrogens is 240 g/mol. The molecule has 1 aromatic heterocycles. The number of fused-ring (bicyclic) bond motifs is 1. The number of pyridine rings is 1. The molecule has 0 aliphatic carbocycles. The molecule has 0 bridgehead atoms. The van der Waals surface area contributed by atoms with E-state index in [1.54, 1.807) is 19.3 Å². The van der Waals surface area contributed by atoms with E-state index in [1.165, 1.54) is 0 Å².